The number of carbonyl (C=O) groups is 1. The molecule has 1 heterocycles. The standard InChI is InChI=1S/C16H9BrN4O7/c17-12-6-11(21(26)27)4-9(15(12)22)7-18-19-16(23)14-5-8-3-10(20(24)25)1-2-13(8)28-14/h1-7,22H,(H,19,23)/b18-7+. The second-order valence-corrected chi connectivity index (χ2v) is 6.27. The fraction of sp³-hybridized carbons (Fsp3) is 0. The smallest absolute Gasteiger partial charge is 0.307 e. The summed E-state index contributed by atoms with van der Waals surface area (Å²) in [5, 5.41) is 35.6. The monoisotopic (exact) mass is 448 g/mol. The van der Waals surface area contributed by atoms with Gasteiger partial charge < -0.3 is 9.52 Å². The highest BCUT2D eigenvalue weighted by atomic mass is 79.9. The highest BCUT2D eigenvalue weighted by molar-refractivity contribution is 9.10. The molecule has 0 atom stereocenters. The number of hydrogen-bond acceptors (Lipinski definition) is 8. The van der Waals surface area contributed by atoms with E-state index >= 15 is 0 Å². The molecular weight excluding hydrogens is 440 g/mol. The minimum Gasteiger partial charge on any atom is -0.506 e. The molecule has 12 heteroatoms. The van der Waals surface area contributed by atoms with Gasteiger partial charge in [-0.1, -0.05) is 0 Å². The van der Waals surface area contributed by atoms with E-state index in [-0.39, 0.29) is 38.5 Å². The molecule has 11 nitrogen and oxygen atoms in total. The van der Waals surface area contributed by atoms with E-state index in [2.05, 4.69) is 26.5 Å². The first kappa shape index (κ1) is 19.0. The largest absolute Gasteiger partial charge is 0.506 e. The number of nitro benzene ring substituents is 2. The summed E-state index contributed by atoms with van der Waals surface area (Å²) in [5.41, 5.74) is 2.00. The maximum Gasteiger partial charge on any atom is 0.307 e. The molecule has 1 amide bonds. The number of hydrogen-bond donors (Lipinski definition) is 2. The van der Waals surface area contributed by atoms with Crippen LogP contribution in [0.1, 0.15) is 16.1 Å². The van der Waals surface area contributed by atoms with Crippen molar-refractivity contribution in [3.8, 4) is 5.75 Å². The molecule has 2 N–H and O–H groups in total. The number of hydrazone groups is 1. The third kappa shape index (κ3) is 3.81. The molecule has 0 saturated heterocycles. The van der Waals surface area contributed by atoms with E-state index < -0.39 is 15.8 Å². The summed E-state index contributed by atoms with van der Waals surface area (Å²) in [6, 6.07) is 7.39. The molecule has 0 radical (unpaired) electrons. The Bertz CT molecular complexity index is 1160. The van der Waals surface area contributed by atoms with Gasteiger partial charge >= 0.3 is 5.91 Å². The topological polar surface area (TPSA) is 161 Å². The predicted molar refractivity (Wildman–Crippen MR) is 100 cm³/mol. The molecule has 0 saturated carbocycles. The highest BCUT2D eigenvalue weighted by Gasteiger charge is 2.16. The lowest BCUT2D eigenvalue weighted by Gasteiger charge is -2.02. The Hall–Kier alpha value is -3.80. The summed E-state index contributed by atoms with van der Waals surface area (Å²) in [6.45, 7) is 0. The molecule has 0 spiro atoms. The number of halogens is 1. The minimum absolute atomic E-state index is 0.00149. The Labute approximate surface area is 163 Å². The van der Waals surface area contributed by atoms with Crippen molar-refractivity contribution >= 4 is 50.4 Å². The van der Waals surface area contributed by atoms with Crippen LogP contribution in [0.25, 0.3) is 11.0 Å². The normalized spacial score (nSPS) is 11.0. The van der Waals surface area contributed by atoms with E-state index in [0.29, 0.717) is 5.39 Å². The molecule has 1 aromatic heterocycles. The number of nitrogens with one attached hydrogen (secondary N) is 1. The van der Waals surface area contributed by atoms with Crippen LogP contribution >= 0.6 is 15.9 Å². The zero-order chi connectivity index (χ0) is 20.4. The maximum absolute atomic E-state index is 12.1. The van der Waals surface area contributed by atoms with Gasteiger partial charge in [-0.15, -0.1) is 0 Å². The lowest BCUT2D eigenvalue weighted by Crippen LogP contribution is -2.16. The number of phenols is 1. The second kappa shape index (κ2) is 7.44. The van der Waals surface area contributed by atoms with Crippen molar-refractivity contribution < 1.29 is 24.2 Å². The van der Waals surface area contributed by atoms with Gasteiger partial charge in [0.15, 0.2) is 5.76 Å². The van der Waals surface area contributed by atoms with Crippen LogP contribution in [0.15, 0.2) is 50.4 Å². The molecule has 2 aromatic carbocycles. The van der Waals surface area contributed by atoms with Gasteiger partial charge in [-0.25, -0.2) is 5.43 Å². The fourth-order valence-electron chi connectivity index (χ4n) is 2.28. The van der Waals surface area contributed by atoms with Crippen molar-refractivity contribution in [3.05, 3.63) is 72.4 Å². The first-order valence-electron chi connectivity index (χ1n) is 7.44. The van der Waals surface area contributed by atoms with Gasteiger partial charge in [-0.3, -0.25) is 25.0 Å². The number of fused-ring (bicyclic) bond motifs is 1. The zero-order valence-corrected chi connectivity index (χ0v) is 15.2. The van der Waals surface area contributed by atoms with E-state index in [9.17, 15) is 30.1 Å². The number of aromatic hydroxyl groups is 1. The summed E-state index contributed by atoms with van der Waals surface area (Å²) in [7, 11) is 0. The van der Waals surface area contributed by atoms with Crippen LogP contribution in [-0.2, 0) is 0 Å². The van der Waals surface area contributed by atoms with Crippen molar-refractivity contribution in [2.75, 3.05) is 0 Å². The number of nitrogens with zero attached hydrogens (tertiary/aromatic N) is 3. The Morgan fingerprint density at radius 2 is 1.86 bits per heavy atom. The lowest BCUT2D eigenvalue weighted by atomic mass is 10.2. The molecule has 142 valence electrons. The lowest BCUT2D eigenvalue weighted by molar-refractivity contribution is -0.385. The average Bonchev–Trinajstić information content (AvgIpc) is 3.08. The van der Waals surface area contributed by atoms with Crippen LogP contribution in [0, 0.1) is 20.2 Å². The summed E-state index contributed by atoms with van der Waals surface area (Å²) in [5.74, 6) is -1.18. The quantitative estimate of drug-likeness (QED) is 0.342. The van der Waals surface area contributed by atoms with Crippen molar-refractivity contribution in [1.82, 2.24) is 5.43 Å². The SMILES string of the molecule is O=C(N/N=C/c1cc([N+](=O)[O-])cc(Br)c1O)c1cc2cc([N+](=O)[O-])ccc2o1. The van der Waals surface area contributed by atoms with Crippen LogP contribution < -0.4 is 5.43 Å². The molecular formula is C16H9BrN4O7. The number of rotatable bonds is 5. The first-order valence-corrected chi connectivity index (χ1v) is 8.24. The van der Waals surface area contributed by atoms with Crippen molar-refractivity contribution in [2.45, 2.75) is 0 Å². The summed E-state index contributed by atoms with van der Waals surface area (Å²) in [6.07, 6.45) is 1.03. The molecule has 0 aliphatic carbocycles. The summed E-state index contributed by atoms with van der Waals surface area (Å²) in [4.78, 5) is 32.6. The number of non-ortho nitro benzene ring substituents is 2. The molecule has 0 fully saturated rings. The van der Waals surface area contributed by atoms with Crippen LogP contribution in [0.5, 0.6) is 5.75 Å². The van der Waals surface area contributed by atoms with E-state index in [1.54, 1.807) is 0 Å². The van der Waals surface area contributed by atoms with Crippen LogP contribution in [0.2, 0.25) is 0 Å². The van der Waals surface area contributed by atoms with Gasteiger partial charge in [0.25, 0.3) is 11.4 Å². The molecule has 0 aliphatic heterocycles. The molecule has 3 aromatic rings. The van der Waals surface area contributed by atoms with Gasteiger partial charge in [0.05, 0.1) is 20.5 Å². The number of benzene rings is 2. The van der Waals surface area contributed by atoms with Crippen molar-refractivity contribution in [1.29, 1.82) is 0 Å². The van der Waals surface area contributed by atoms with Gasteiger partial charge in [-0.2, -0.15) is 5.10 Å². The van der Waals surface area contributed by atoms with Gasteiger partial charge in [0.1, 0.15) is 11.3 Å². The molecule has 0 aliphatic rings. The maximum atomic E-state index is 12.1. The average molecular weight is 449 g/mol. The Kier molecular flexibility index (Phi) is 5.04. The van der Waals surface area contributed by atoms with E-state index in [1.807, 2.05) is 0 Å². The second-order valence-electron chi connectivity index (χ2n) is 5.41. The van der Waals surface area contributed by atoms with Crippen molar-refractivity contribution in [2.24, 2.45) is 5.10 Å². The van der Waals surface area contributed by atoms with Crippen molar-refractivity contribution in [3.63, 3.8) is 0 Å². The van der Waals surface area contributed by atoms with E-state index in [4.69, 9.17) is 4.42 Å². The van der Waals surface area contributed by atoms with E-state index in [0.717, 1.165) is 18.3 Å². The first-order chi connectivity index (χ1) is 13.3. The number of phenolic OH excluding ortho intramolecular Hbond substituents is 1. The zero-order valence-electron chi connectivity index (χ0n) is 13.7. The minimum atomic E-state index is -0.751. The number of carbonyl (C=O) groups excluding carboxylic acids is 1. The highest BCUT2D eigenvalue weighted by Crippen LogP contribution is 2.31. The summed E-state index contributed by atoms with van der Waals surface area (Å²) >= 11 is 2.99. The molecule has 3 rings (SSSR count). The number of furan rings is 1. The van der Waals surface area contributed by atoms with Crippen LogP contribution in [0.4, 0.5) is 11.4 Å². The predicted octanol–water partition coefficient (Wildman–Crippen LogP) is 3.48. The third-order valence-corrected chi connectivity index (χ3v) is 4.20. The summed E-state index contributed by atoms with van der Waals surface area (Å²) < 4.78 is 5.40. The van der Waals surface area contributed by atoms with Crippen LogP contribution in [0.3, 0.4) is 0 Å². The molecule has 0 unspecified atom stereocenters. The van der Waals surface area contributed by atoms with E-state index in [1.165, 1.54) is 24.3 Å². The molecule has 28 heavy (non-hydrogen) atoms. The Morgan fingerprint density at radius 3 is 2.54 bits per heavy atom. The van der Waals surface area contributed by atoms with Gasteiger partial charge in [0.2, 0.25) is 0 Å². The fourth-order valence-corrected chi connectivity index (χ4v) is 2.74. The molecule has 0 bridgehead atoms. The number of amides is 1. The Balaban J connectivity index is 1.79. The Morgan fingerprint density at radius 1 is 1.14 bits per heavy atom. The number of nitro groups is 2. The van der Waals surface area contributed by atoms with Gasteiger partial charge in [0, 0.05) is 35.2 Å². The van der Waals surface area contributed by atoms with Crippen LogP contribution in [-0.4, -0.2) is 27.1 Å². The third-order valence-electron chi connectivity index (χ3n) is 3.59. The van der Waals surface area contributed by atoms with Gasteiger partial charge in [-0.05, 0) is 28.1 Å².